The van der Waals surface area contributed by atoms with Crippen LogP contribution in [0, 0.1) is 6.08 Å². The molecule has 0 aliphatic heterocycles. The number of ether oxygens (including phenoxy) is 1. The van der Waals surface area contributed by atoms with Crippen LogP contribution >= 0.6 is 0 Å². The Morgan fingerprint density at radius 2 is 2.09 bits per heavy atom. The number of hydrogen-bond donors (Lipinski definition) is 0. The largest absolute Gasteiger partial charge is 0.377 e. The topological polar surface area (TPSA) is 35.0 Å². The molecule has 60 valence electrons. The van der Waals surface area contributed by atoms with Crippen LogP contribution in [-0.4, -0.2) is 16.6 Å². The molecule has 0 fully saturated rings. The van der Waals surface area contributed by atoms with Crippen LogP contribution < -0.4 is 0 Å². The van der Waals surface area contributed by atoms with Gasteiger partial charge in [0.1, 0.15) is 0 Å². The van der Waals surface area contributed by atoms with E-state index >= 15 is 0 Å². The molecule has 4 heteroatoms. The fourth-order valence-corrected chi connectivity index (χ4v) is 0.633. The third kappa shape index (κ3) is 2.59. The zero-order valence-electron chi connectivity index (χ0n) is 6.25. The molecule has 0 aliphatic rings. The minimum absolute atomic E-state index is 0.441. The van der Waals surface area contributed by atoms with E-state index in [9.17, 15) is 4.39 Å². The number of aromatic nitrogens is 2. The predicted octanol–water partition coefficient (Wildman–Crippen LogP) is 1.15. The summed E-state index contributed by atoms with van der Waals surface area (Å²) in [5, 5.41) is 0. The van der Waals surface area contributed by atoms with Crippen molar-refractivity contribution >= 4 is 0 Å². The van der Waals surface area contributed by atoms with E-state index in [1.54, 1.807) is 0 Å². The molecule has 0 saturated heterocycles. The molecule has 0 spiro atoms. The third-order valence-corrected chi connectivity index (χ3v) is 1.15. The number of hydrogen-bond acceptors (Lipinski definition) is 3. The average Bonchev–Trinajstić information content (AvgIpc) is 2.04. The minimum atomic E-state index is -0.703. The van der Waals surface area contributed by atoms with Crippen LogP contribution in [0.15, 0.2) is 12.4 Å². The summed E-state index contributed by atoms with van der Waals surface area (Å²) >= 11 is 0. The minimum Gasteiger partial charge on any atom is -0.377 e. The number of nitrogens with zero attached hydrogens (tertiary/aromatic N) is 2. The molecular weight excluding hydrogens is 147 g/mol. The highest BCUT2D eigenvalue weighted by Crippen LogP contribution is 1.96. The second kappa shape index (κ2) is 3.98. The smallest absolute Gasteiger partial charge is 0.308 e. The zero-order valence-corrected chi connectivity index (χ0v) is 6.25. The lowest BCUT2D eigenvalue weighted by Crippen LogP contribution is -1.95. The molecule has 0 aromatic carbocycles. The molecule has 0 aliphatic carbocycles. The van der Waals surface area contributed by atoms with Crippen LogP contribution in [0.5, 0.6) is 0 Å². The maximum absolute atomic E-state index is 12.1. The summed E-state index contributed by atoms with van der Waals surface area (Å²) in [5.41, 5.74) is 0.785. The van der Waals surface area contributed by atoms with Crippen LogP contribution in [0.2, 0.25) is 0 Å². The Morgan fingerprint density at radius 3 is 2.64 bits per heavy atom. The maximum atomic E-state index is 12.1. The molecule has 0 atom stereocenters. The second-order valence-corrected chi connectivity index (χ2v) is 2.00. The highest BCUT2D eigenvalue weighted by molar-refractivity contribution is 5.00. The zero-order chi connectivity index (χ0) is 8.10. The molecule has 1 aromatic rings. The predicted molar refractivity (Wildman–Crippen MR) is 37.3 cm³/mol. The fraction of sp³-hybridized carbons (Fsp3) is 0.429. The van der Waals surface area contributed by atoms with Gasteiger partial charge in [0.15, 0.2) is 0 Å². The highest BCUT2D eigenvalue weighted by atomic mass is 19.1. The number of rotatable bonds is 3. The molecule has 0 N–H and O–H groups in total. The molecule has 0 unspecified atom stereocenters. The molecule has 1 heterocycles. The Bertz CT molecular complexity index is 212. The van der Waals surface area contributed by atoms with Gasteiger partial charge in [0.2, 0.25) is 0 Å². The van der Waals surface area contributed by atoms with Gasteiger partial charge >= 0.3 is 6.08 Å². The molecule has 1 rings (SSSR count). The highest BCUT2D eigenvalue weighted by Gasteiger charge is 1.94. The standard InChI is InChI=1S/C7H9FN2O/c1-2-11-5-6-3-9-7(8)10-4-6/h3-4H,2,5H2,1H3. The van der Waals surface area contributed by atoms with Gasteiger partial charge in [0.05, 0.1) is 6.61 Å². The Morgan fingerprint density at radius 1 is 1.45 bits per heavy atom. The molecule has 0 radical (unpaired) electrons. The molecule has 0 amide bonds. The third-order valence-electron chi connectivity index (χ3n) is 1.15. The van der Waals surface area contributed by atoms with Crippen LogP contribution in [0.1, 0.15) is 12.5 Å². The van der Waals surface area contributed by atoms with Crippen molar-refractivity contribution in [2.24, 2.45) is 0 Å². The first kappa shape index (κ1) is 8.07. The van der Waals surface area contributed by atoms with Crippen molar-refractivity contribution in [2.45, 2.75) is 13.5 Å². The van der Waals surface area contributed by atoms with Gasteiger partial charge in [0.25, 0.3) is 0 Å². The van der Waals surface area contributed by atoms with E-state index in [2.05, 4.69) is 9.97 Å². The monoisotopic (exact) mass is 156 g/mol. The van der Waals surface area contributed by atoms with Gasteiger partial charge in [-0.05, 0) is 6.92 Å². The Balaban J connectivity index is 2.52. The van der Waals surface area contributed by atoms with E-state index in [0.717, 1.165) is 5.56 Å². The van der Waals surface area contributed by atoms with Gasteiger partial charge in [-0.15, -0.1) is 0 Å². The van der Waals surface area contributed by atoms with Crippen LogP contribution in [0.25, 0.3) is 0 Å². The summed E-state index contributed by atoms with van der Waals surface area (Å²) in [6.07, 6.45) is 2.13. The van der Waals surface area contributed by atoms with Crippen molar-refractivity contribution in [3.05, 3.63) is 24.0 Å². The fourth-order valence-electron chi connectivity index (χ4n) is 0.633. The van der Waals surface area contributed by atoms with E-state index in [1.165, 1.54) is 12.4 Å². The normalized spacial score (nSPS) is 10.0. The van der Waals surface area contributed by atoms with E-state index in [0.29, 0.717) is 13.2 Å². The van der Waals surface area contributed by atoms with Gasteiger partial charge in [0, 0.05) is 24.6 Å². The van der Waals surface area contributed by atoms with Crippen molar-refractivity contribution in [1.82, 2.24) is 9.97 Å². The second-order valence-electron chi connectivity index (χ2n) is 2.00. The summed E-state index contributed by atoms with van der Waals surface area (Å²) in [6.45, 7) is 2.97. The van der Waals surface area contributed by atoms with Crippen molar-refractivity contribution in [3.63, 3.8) is 0 Å². The molecule has 0 saturated carbocycles. The van der Waals surface area contributed by atoms with Crippen molar-refractivity contribution in [1.29, 1.82) is 0 Å². The lowest BCUT2D eigenvalue weighted by molar-refractivity contribution is 0.133. The lowest BCUT2D eigenvalue weighted by Gasteiger charge is -1.98. The van der Waals surface area contributed by atoms with Crippen molar-refractivity contribution in [3.8, 4) is 0 Å². The Labute approximate surface area is 64.2 Å². The van der Waals surface area contributed by atoms with E-state index in [4.69, 9.17) is 4.74 Å². The molecule has 0 bridgehead atoms. The van der Waals surface area contributed by atoms with Gasteiger partial charge in [-0.1, -0.05) is 0 Å². The molecule has 11 heavy (non-hydrogen) atoms. The van der Waals surface area contributed by atoms with E-state index in [1.807, 2.05) is 6.92 Å². The quantitative estimate of drug-likeness (QED) is 0.616. The van der Waals surface area contributed by atoms with Crippen LogP contribution in [0.4, 0.5) is 4.39 Å². The van der Waals surface area contributed by atoms with Crippen LogP contribution in [0.3, 0.4) is 0 Å². The molecular formula is C7H9FN2O. The summed E-state index contributed by atoms with van der Waals surface area (Å²) in [5.74, 6) is 0. The lowest BCUT2D eigenvalue weighted by atomic mass is 10.4. The van der Waals surface area contributed by atoms with E-state index in [-0.39, 0.29) is 0 Å². The van der Waals surface area contributed by atoms with Gasteiger partial charge in [-0.2, -0.15) is 4.39 Å². The summed E-state index contributed by atoms with van der Waals surface area (Å²) in [4.78, 5) is 6.75. The first-order chi connectivity index (χ1) is 5.33. The van der Waals surface area contributed by atoms with Crippen molar-refractivity contribution < 1.29 is 9.13 Å². The first-order valence-corrected chi connectivity index (χ1v) is 3.37. The summed E-state index contributed by atoms with van der Waals surface area (Å²) in [7, 11) is 0. The van der Waals surface area contributed by atoms with Gasteiger partial charge < -0.3 is 4.74 Å². The summed E-state index contributed by atoms with van der Waals surface area (Å²) < 4.78 is 17.2. The van der Waals surface area contributed by atoms with Crippen LogP contribution in [-0.2, 0) is 11.3 Å². The molecule has 3 nitrogen and oxygen atoms in total. The van der Waals surface area contributed by atoms with Gasteiger partial charge in [-0.3, -0.25) is 0 Å². The number of halogens is 1. The first-order valence-electron chi connectivity index (χ1n) is 3.37. The molecule has 1 aromatic heterocycles. The summed E-state index contributed by atoms with van der Waals surface area (Å²) in [6, 6.07) is 0. The maximum Gasteiger partial charge on any atom is 0.308 e. The van der Waals surface area contributed by atoms with E-state index < -0.39 is 6.08 Å². The van der Waals surface area contributed by atoms with Gasteiger partial charge in [-0.25, -0.2) is 9.97 Å². The Kier molecular flexibility index (Phi) is 2.92. The SMILES string of the molecule is CCOCc1cnc(F)nc1. The average molecular weight is 156 g/mol. The Hall–Kier alpha value is -1.03. The van der Waals surface area contributed by atoms with Crippen molar-refractivity contribution in [2.75, 3.05) is 6.61 Å².